The van der Waals surface area contributed by atoms with Gasteiger partial charge in [-0.1, -0.05) is 6.08 Å². The topological polar surface area (TPSA) is 39.6 Å². The van der Waals surface area contributed by atoms with Crippen LogP contribution < -0.4 is 0 Å². The Morgan fingerprint density at radius 2 is 2.27 bits per heavy atom. The molecule has 0 aliphatic rings. The number of aromatic amines is 1. The summed E-state index contributed by atoms with van der Waals surface area (Å²) in [6.07, 6.45) is 3.95. The summed E-state index contributed by atoms with van der Waals surface area (Å²) in [4.78, 5) is 3.10. The number of allylic oxidation sites excluding steroid dienone is 1. The monoisotopic (exact) mass is 148 g/mol. The normalized spacial score (nSPS) is 10.7. The molecular formula is C9H12N2. The number of nitrogens with one attached hydrogen (secondary N) is 2. The van der Waals surface area contributed by atoms with Gasteiger partial charge in [0.15, 0.2) is 0 Å². The van der Waals surface area contributed by atoms with Gasteiger partial charge in [0.05, 0.1) is 11.4 Å². The first-order valence-corrected chi connectivity index (χ1v) is 3.61. The van der Waals surface area contributed by atoms with Gasteiger partial charge in [-0.05, 0) is 32.1 Å². The molecule has 1 heterocycles. The molecule has 58 valence electrons. The highest BCUT2D eigenvalue weighted by Crippen LogP contribution is 2.03. The maximum absolute atomic E-state index is 7.33. The first-order chi connectivity index (χ1) is 5.24. The second-order valence-electron chi connectivity index (χ2n) is 2.45. The molecule has 11 heavy (non-hydrogen) atoms. The van der Waals surface area contributed by atoms with Gasteiger partial charge in [0, 0.05) is 5.69 Å². The number of H-pyrrole nitrogens is 1. The second-order valence-corrected chi connectivity index (χ2v) is 2.45. The number of aromatic nitrogens is 1. The fourth-order valence-electron chi connectivity index (χ4n) is 0.907. The van der Waals surface area contributed by atoms with E-state index in [4.69, 9.17) is 5.41 Å². The smallest absolute Gasteiger partial charge is 0.0593 e. The van der Waals surface area contributed by atoms with Crippen molar-refractivity contribution in [3.05, 3.63) is 29.6 Å². The van der Waals surface area contributed by atoms with Crippen LogP contribution in [0, 0.1) is 5.41 Å². The highest BCUT2D eigenvalue weighted by molar-refractivity contribution is 5.94. The van der Waals surface area contributed by atoms with Crippen LogP contribution in [-0.2, 0) is 0 Å². The zero-order valence-corrected chi connectivity index (χ0v) is 6.81. The second kappa shape index (κ2) is 3.19. The maximum atomic E-state index is 7.33. The molecule has 1 aromatic heterocycles. The molecule has 0 unspecified atom stereocenters. The molecule has 1 aromatic rings. The molecule has 0 atom stereocenters. The summed E-state index contributed by atoms with van der Waals surface area (Å²) in [5.41, 5.74) is 2.51. The lowest BCUT2D eigenvalue weighted by Crippen LogP contribution is -1.90. The van der Waals surface area contributed by atoms with Crippen molar-refractivity contribution in [2.24, 2.45) is 0 Å². The molecule has 0 bridgehead atoms. The van der Waals surface area contributed by atoms with Gasteiger partial charge < -0.3 is 10.4 Å². The predicted molar refractivity (Wildman–Crippen MR) is 48.0 cm³/mol. The summed E-state index contributed by atoms with van der Waals surface area (Å²) in [7, 11) is 0. The van der Waals surface area contributed by atoms with Crippen molar-refractivity contribution in [2.75, 3.05) is 0 Å². The Balaban J connectivity index is 2.90. The minimum Gasteiger partial charge on any atom is -0.354 e. The SMILES string of the molecule is C/C=C\c1ccc(C(C)=N)[nH]1. The van der Waals surface area contributed by atoms with E-state index in [-0.39, 0.29) is 0 Å². The lowest BCUT2D eigenvalue weighted by Gasteiger charge is -1.89. The Labute approximate surface area is 66.5 Å². The van der Waals surface area contributed by atoms with Crippen LogP contribution in [0.25, 0.3) is 6.08 Å². The molecule has 0 radical (unpaired) electrons. The number of rotatable bonds is 2. The van der Waals surface area contributed by atoms with E-state index >= 15 is 0 Å². The Bertz CT molecular complexity index is 282. The van der Waals surface area contributed by atoms with E-state index in [0.29, 0.717) is 5.71 Å². The third kappa shape index (κ3) is 1.80. The molecule has 0 fully saturated rings. The Morgan fingerprint density at radius 1 is 1.55 bits per heavy atom. The van der Waals surface area contributed by atoms with Crippen molar-refractivity contribution in [1.29, 1.82) is 5.41 Å². The van der Waals surface area contributed by atoms with Gasteiger partial charge >= 0.3 is 0 Å². The lowest BCUT2D eigenvalue weighted by molar-refractivity contribution is 1.31. The minimum absolute atomic E-state index is 0.570. The summed E-state index contributed by atoms with van der Waals surface area (Å²) in [5.74, 6) is 0. The molecule has 0 saturated heterocycles. The number of hydrogen-bond donors (Lipinski definition) is 2. The molecule has 1 rings (SSSR count). The van der Waals surface area contributed by atoms with Gasteiger partial charge in [0.2, 0.25) is 0 Å². The molecule has 0 aliphatic carbocycles. The minimum atomic E-state index is 0.570. The van der Waals surface area contributed by atoms with E-state index in [1.807, 2.05) is 31.2 Å². The van der Waals surface area contributed by atoms with Crippen LogP contribution in [0.5, 0.6) is 0 Å². The maximum Gasteiger partial charge on any atom is 0.0593 e. The van der Waals surface area contributed by atoms with E-state index in [0.717, 1.165) is 11.4 Å². The van der Waals surface area contributed by atoms with Crippen molar-refractivity contribution in [1.82, 2.24) is 4.98 Å². The van der Waals surface area contributed by atoms with Crippen LogP contribution in [-0.4, -0.2) is 10.7 Å². The third-order valence-corrected chi connectivity index (χ3v) is 1.46. The summed E-state index contributed by atoms with van der Waals surface area (Å²) in [6.45, 7) is 3.74. The molecule has 0 aromatic carbocycles. The average Bonchev–Trinajstić information content (AvgIpc) is 2.37. The van der Waals surface area contributed by atoms with Crippen LogP contribution in [0.1, 0.15) is 25.2 Å². The van der Waals surface area contributed by atoms with Gasteiger partial charge in [0.25, 0.3) is 0 Å². The molecule has 2 nitrogen and oxygen atoms in total. The quantitative estimate of drug-likeness (QED) is 0.605. The zero-order chi connectivity index (χ0) is 8.27. The highest BCUT2D eigenvalue weighted by Gasteiger charge is 1.95. The summed E-state index contributed by atoms with van der Waals surface area (Å²) < 4.78 is 0. The molecule has 2 heteroatoms. The van der Waals surface area contributed by atoms with Crippen LogP contribution in [0.4, 0.5) is 0 Å². The zero-order valence-electron chi connectivity index (χ0n) is 6.81. The fourth-order valence-corrected chi connectivity index (χ4v) is 0.907. The van der Waals surface area contributed by atoms with E-state index < -0.39 is 0 Å². The molecule has 0 amide bonds. The highest BCUT2D eigenvalue weighted by atomic mass is 14.7. The Kier molecular flexibility index (Phi) is 2.26. The molecule has 2 N–H and O–H groups in total. The summed E-state index contributed by atoms with van der Waals surface area (Å²) >= 11 is 0. The average molecular weight is 148 g/mol. The third-order valence-electron chi connectivity index (χ3n) is 1.46. The predicted octanol–water partition coefficient (Wildman–Crippen LogP) is 2.44. The number of hydrogen-bond acceptors (Lipinski definition) is 1. The van der Waals surface area contributed by atoms with Crippen LogP contribution in [0.15, 0.2) is 18.2 Å². The van der Waals surface area contributed by atoms with Crippen molar-refractivity contribution < 1.29 is 0 Å². The van der Waals surface area contributed by atoms with Crippen LogP contribution in [0.3, 0.4) is 0 Å². The van der Waals surface area contributed by atoms with Gasteiger partial charge in [0.1, 0.15) is 0 Å². The van der Waals surface area contributed by atoms with Gasteiger partial charge in [-0.2, -0.15) is 0 Å². The van der Waals surface area contributed by atoms with Crippen molar-refractivity contribution >= 4 is 11.8 Å². The molecule has 0 saturated carbocycles. The van der Waals surface area contributed by atoms with Crippen molar-refractivity contribution in [3.8, 4) is 0 Å². The van der Waals surface area contributed by atoms with Crippen LogP contribution in [0.2, 0.25) is 0 Å². The van der Waals surface area contributed by atoms with Crippen molar-refractivity contribution in [2.45, 2.75) is 13.8 Å². The lowest BCUT2D eigenvalue weighted by atomic mass is 10.3. The largest absolute Gasteiger partial charge is 0.354 e. The molecular weight excluding hydrogens is 136 g/mol. The molecule has 0 spiro atoms. The van der Waals surface area contributed by atoms with Crippen LogP contribution >= 0.6 is 0 Å². The summed E-state index contributed by atoms with van der Waals surface area (Å²) in [6, 6.07) is 3.88. The molecule has 0 aliphatic heterocycles. The van der Waals surface area contributed by atoms with E-state index in [2.05, 4.69) is 4.98 Å². The van der Waals surface area contributed by atoms with E-state index in [1.54, 1.807) is 6.92 Å². The first-order valence-electron chi connectivity index (χ1n) is 3.61. The van der Waals surface area contributed by atoms with Gasteiger partial charge in [-0.3, -0.25) is 0 Å². The fraction of sp³-hybridized carbons (Fsp3) is 0.222. The summed E-state index contributed by atoms with van der Waals surface area (Å²) in [5, 5.41) is 7.33. The van der Waals surface area contributed by atoms with E-state index in [9.17, 15) is 0 Å². The van der Waals surface area contributed by atoms with Gasteiger partial charge in [-0.15, -0.1) is 0 Å². The first kappa shape index (κ1) is 7.79. The Hall–Kier alpha value is -1.31. The Morgan fingerprint density at radius 3 is 2.73 bits per heavy atom. The standard InChI is InChI=1S/C9H12N2/c1-3-4-8-5-6-9(11-8)7(2)10/h3-6,10-11H,1-2H3/b4-3-,10-7?. The van der Waals surface area contributed by atoms with Gasteiger partial charge in [-0.25, -0.2) is 0 Å². The van der Waals surface area contributed by atoms with Crippen molar-refractivity contribution in [3.63, 3.8) is 0 Å². The van der Waals surface area contributed by atoms with E-state index in [1.165, 1.54) is 0 Å².